The summed E-state index contributed by atoms with van der Waals surface area (Å²) in [7, 11) is 0. The van der Waals surface area contributed by atoms with Crippen LogP contribution in [0.5, 0.6) is 0 Å². The van der Waals surface area contributed by atoms with Gasteiger partial charge in [0.25, 0.3) is 0 Å². The van der Waals surface area contributed by atoms with Gasteiger partial charge in [-0.1, -0.05) is 6.07 Å². The van der Waals surface area contributed by atoms with Crippen molar-refractivity contribution in [3.8, 4) is 0 Å². The largest absolute Gasteiger partial charge is 3.00 e. The van der Waals surface area contributed by atoms with Crippen molar-refractivity contribution in [2.75, 3.05) is 0 Å². The molecular weight excluding hydrogens is 245 g/mol. The van der Waals surface area contributed by atoms with Crippen LogP contribution in [-0.2, 0) is 29.1 Å². The van der Waals surface area contributed by atoms with E-state index in [1.165, 1.54) is 0 Å². The third kappa shape index (κ3) is 22.9. The molecule has 1 aromatic rings. The number of aromatic nitrogens is 1. The molecular formula is C8H8NO2Rh. The maximum absolute atomic E-state index is 7.50. The molecule has 0 saturated carbocycles. The molecule has 0 spiro atoms. The van der Waals surface area contributed by atoms with E-state index in [1.807, 2.05) is 18.2 Å². The molecule has 0 aliphatic heterocycles. The van der Waals surface area contributed by atoms with Gasteiger partial charge in [-0.3, -0.25) is 4.98 Å². The standard InChI is InChI=1S/C5H5N.2CO.CH3.Rh/c1-2-4-6-5-3-1;2*1-2;;/h1-5H;;;1H3;/q;3*-1;+3. The van der Waals surface area contributed by atoms with Crippen LogP contribution in [0.15, 0.2) is 30.6 Å². The number of hydrogen-bond donors (Lipinski definition) is 0. The molecule has 0 unspecified atom stereocenters. The molecule has 0 fully saturated rings. The van der Waals surface area contributed by atoms with E-state index in [2.05, 4.69) is 18.6 Å². The second kappa shape index (κ2) is 32.1. The van der Waals surface area contributed by atoms with Crippen molar-refractivity contribution < 1.29 is 29.1 Å². The summed E-state index contributed by atoms with van der Waals surface area (Å²) in [4.78, 5) is 18.8. The van der Waals surface area contributed by atoms with E-state index in [0.29, 0.717) is 0 Å². The third-order valence-corrected chi connectivity index (χ3v) is 0.566. The Labute approximate surface area is 86.0 Å². The van der Waals surface area contributed by atoms with Gasteiger partial charge in [0.2, 0.25) is 0 Å². The van der Waals surface area contributed by atoms with Crippen LogP contribution < -0.4 is 0 Å². The summed E-state index contributed by atoms with van der Waals surface area (Å²) in [5, 5.41) is 0. The number of pyridine rings is 1. The predicted molar refractivity (Wildman–Crippen MR) is 42.0 cm³/mol. The van der Waals surface area contributed by atoms with E-state index in [-0.39, 0.29) is 26.9 Å². The molecule has 1 aromatic heterocycles. The summed E-state index contributed by atoms with van der Waals surface area (Å²) >= 11 is 0. The second-order valence-electron chi connectivity index (χ2n) is 1.02. The van der Waals surface area contributed by atoms with Gasteiger partial charge >= 0.3 is 19.5 Å². The van der Waals surface area contributed by atoms with Crippen LogP contribution in [0, 0.1) is 7.43 Å². The van der Waals surface area contributed by atoms with E-state index in [0.717, 1.165) is 0 Å². The van der Waals surface area contributed by atoms with Crippen molar-refractivity contribution in [1.29, 1.82) is 0 Å². The Morgan fingerprint density at radius 3 is 1.25 bits per heavy atom. The summed E-state index contributed by atoms with van der Waals surface area (Å²) in [5.74, 6) is 0. The zero-order valence-electron chi connectivity index (χ0n) is 6.48. The van der Waals surface area contributed by atoms with Crippen LogP contribution >= 0.6 is 0 Å². The van der Waals surface area contributed by atoms with Crippen LogP contribution in [0.25, 0.3) is 0 Å². The minimum Gasteiger partial charge on any atom is -0.573 e. The van der Waals surface area contributed by atoms with Gasteiger partial charge in [0.15, 0.2) is 0 Å². The van der Waals surface area contributed by atoms with Crippen LogP contribution in [0.3, 0.4) is 0 Å². The van der Waals surface area contributed by atoms with E-state index in [1.54, 1.807) is 12.4 Å². The van der Waals surface area contributed by atoms with Gasteiger partial charge in [0, 0.05) is 12.4 Å². The van der Waals surface area contributed by atoms with E-state index in [4.69, 9.17) is 9.59 Å². The molecule has 0 atom stereocenters. The first kappa shape index (κ1) is 22.5. The Morgan fingerprint density at radius 1 is 0.833 bits per heavy atom. The maximum atomic E-state index is 7.50. The van der Waals surface area contributed by atoms with Gasteiger partial charge in [0.05, 0.1) is 0 Å². The van der Waals surface area contributed by atoms with Crippen LogP contribution in [0.4, 0.5) is 0 Å². The first-order valence-electron chi connectivity index (χ1n) is 2.26. The van der Waals surface area contributed by atoms with Crippen molar-refractivity contribution in [1.82, 2.24) is 4.98 Å². The molecule has 12 heavy (non-hydrogen) atoms. The van der Waals surface area contributed by atoms with Gasteiger partial charge in [-0.15, -0.1) is 0 Å². The Bertz CT molecular complexity index is 109. The summed E-state index contributed by atoms with van der Waals surface area (Å²) in [6.45, 7) is 9.00. The van der Waals surface area contributed by atoms with E-state index in [9.17, 15) is 0 Å². The minimum absolute atomic E-state index is 0. The Morgan fingerprint density at radius 2 is 1.17 bits per heavy atom. The number of hydrogen-bond acceptors (Lipinski definition) is 3. The fraction of sp³-hybridized carbons (Fsp3) is 0. The Hall–Kier alpha value is -0.887. The molecule has 0 saturated heterocycles. The molecule has 0 N–H and O–H groups in total. The fourth-order valence-electron chi connectivity index (χ4n) is 0.313. The SMILES string of the molecule is [C-]=O.[C-]=O.[CH3-].[Rh+3].c1ccncc1. The fourth-order valence-corrected chi connectivity index (χ4v) is 0.313. The topological polar surface area (TPSA) is 47.0 Å². The Kier molecular flexibility index (Phi) is 60.1. The molecule has 1 heterocycles. The zero-order chi connectivity index (χ0) is 8.24. The molecule has 0 aromatic carbocycles. The number of rotatable bonds is 0. The maximum Gasteiger partial charge on any atom is 3.00 e. The summed E-state index contributed by atoms with van der Waals surface area (Å²) in [5.41, 5.74) is 0. The average Bonchev–Trinajstić information content (AvgIpc) is 2.14. The van der Waals surface area contributed by atoms with Gasteiger partial charge in [-0.05, 0) is 12.1 Å². The van der Waals surface area contributed by atoms with Gasteiger partial charge in [0.1, 0.15) is 0 Å². The van der Waals surface area contributed by atoms with Crippen LogP contribution in [-0.4, -0.2) is 18.6 Å². The molecule has 4 heteroatoms. The smallest absolute Gasteiger partial charge is 0.573 e. The average molecular weight is 253 g/mol. The van der Waals surface area contributed by atoms with E-state index < -0.39 is 0 Å². The second-order valence-corrected chi connectivity index (χ2v) is 1.02. The first-order chi connectivity index (χ1) is 5.00. The third-order valence-electron chi connectivity index (χ3n) is 0.566. The van der Waals surface area contributed by atoms with Crippen molar-refractivity contribution in [2.24, 2.45) is 0 Å². The summed E-state index contributed by atoms with van der Waals surface area (Å²) in [6, 6.07) is 5.72. The predicted octanol–water partition coefficient (Wildman–Crippen LogP) is 0.735. The molecule has 0 amide bonds. The number of carbonyl (C=O) groups excluding carboxylic acids is 2. The van der Waals surface area contributed by atoms with Gasteiger partial charge < -0.3 is 30.6 Å². The Balaban J connectivity index is -0.0000000480. The van der Waals surface area contributed by atoms with Crippen molar-refractivity contribution in [3.63, 3.8) is 0 Å². The molecule has 3 nitrogen and oxygen atoms in total. The number of nitrogens with zero attached hydrogens (tertiary/aromatic N) is 1. The van der Waals surface area contributed by atoms with Gasteiger partial charge in [-0.2, -0.15) is 0 Å². The van der Waals surface area contributed by atoms with Crippen molar-refractivity contribution >= 4 is 13.6 Å². The van der Waals surface area contributed by atoms with Crippen molar-refractivity contribution in [3.05, 3.63) is 38.0 Å². The quantitative estimate of drug-likeness (QED) is 0.506. The summed E-state index contributed by atoms with van der Waals surface area (Å²) < 4.78 is 0. The molecule has 0 aliphatic carbocycles. The van der Waals surface area contributed by atoms with E-state index >= 15 is 0 Å². The monoisotopic (exact) mass is 253 g/mol. The molecule has 2 radical (unpaired) electrons. The molecule has 0 bridgehead atoms. The first-order valence-corrected chi connectivity index (χ1v) is 2.26. The van der Waals surface area contributed by atoms with Gasteiger partial charge in [-0.25, -0.2) is 0 Å². The normalized spacial score (nSPS) is 4.67. The van der Waals surface area contributed by atoms with Crippen molar-refractivity contribution in [2.45, 2.75) is 0 Å². The van der Waals surface area contributed by atoms with Crippen LogP contribution in [0.2, 0.25) is 0 Å². The zero-order valence-corrected chi connectivity index (χ0v) is 8.12. The molecule has 1 rings (SSSR count). The summed E-state index contributed by atoms with van der Waals surface area (Å²) in [6.07, 6.45) is 3.50. The van der Waals surface area contributed by atoms with Crippen LogP contribution in [0.1, 0.15) is 0 Å². The molecule has 66 valence electrons. The molecule has 0 aliphatic rings. The minimum atomic E-state index is 0.